The first-order chi connectivity index (χ1) is 6.43. The van der Waals surface area contributed by atoms with Crippen molar-refractivity contribution < 1.29 is 9.59 Å². The summed E-state index contributed by atoms with van der Waals surface area (Å²) in [6, 6.07) is 0. The smallest absolute Gasteiger partial charge is 0.217 e. The van der Waals surface area contributed by atoms with Crippen molar-refractivity contribution in [3.8, 4) is 0 Å². The van der Waals surface area contributed by atoms with Crippen LogP contribution >= 0.6 is 0 Å². The van der Waals surface area contributed by atoms with Crippen LogP contribution in [0.5, 0.6) is 0 Å². The third-order valence-corrected chi connectivity index (χ3v) is 1.89. The van der Waals surface area contributed by atoms with E-state index in [9.17, 15) is 9.59 Å². The van der Waals surface area contributed by atoms with Crippen molar-refractivity contribution in [3.05, 3.63) is 12.2 Å². The van der Waals surface area contributed by atoms with Gasteiger partial charge in [-0.2, -0.15) is 0 Å². The Bertz CT molecular complexity index is 231. The van der Waals surface area contributed by atoms with Crippen LogP contribution in [-0.4, -0.2) is 11.7 Å². The van der Waals surface area contributed by atoms with E-state index in [-0.39, 0.29) is 11.7 Å². The quantitative estimate of drug-likeness (QED) is 0.633. The van der Waals surface area contributed by atoms with Gasteiger partial charge in [-0.3, -0.25) is 9.59 Å². The lowest BCUT2D eigenvalue weighted by molar-refractivity contribution is -0.118. The Morgan fingerprint density at radius 1 is 1.29 bits per heavy atom. The maximum Gasteiger partial charge on any atom is 0.217 e. The van der Waals surface area contributed by atoms with E-state index in [1.165, 1.54) is 0 Å². The zero-order valence-electron chi connectivity index (χ0n) is 9.01. The lowest BCUT2D eigenvalue weighted by Crippen LogP contribution is -2.11. The minimum Gasteiger partial charge on any atom is -0.370 e. The number of ketones is 1. The van der Waals surface area contributed by atoms with E-state index in [4.69, 9.17) is 5.73 Å². The molecule has 0 aliphatic carbocycles. The normalized spacial score (nSPS) is 10.2. The zero-order chi connectivity index (χ0) is 11.1. The Kier molecular flexibility index (Phi) is 5.84. The number of hydrogen-bond donors (Lipinski definition) is 1. The highest BCUT2D eigenvalue weighted by Gasteiger charge is 2.09. The standard InChI is InChI=1S/C11H19NO2/c1-8(2)7-10(13)9(3)5-4-6-11(12)14/h8H,3-7H2,1-2H3,(H2,12,14). The zero-order valence-corrected chi connectivity index (χ0v) is 9.01. The number of rotatable bonds is 7. The molecule has 0 aromatic heterocycles. The maximum atomic E-state index is 11.4. The van der Waals surface area contributed by atoms with Gasteiger partial charge in [0, 0.05) is 12.8 Å². The van der Waals surface area contributed by atoms with Crippen molar-refractivity contribution in [2.45, 2.75) is 39.5 Å². The molecule has 2 N–H and O–H groups in total. The summed E-state index contributed by atoms with van der Waals surface area (Å²) in [6.45, 7) is 7.69. The largest absolute Gasteiger partial charge is 0.370 e. The minimum atomic E-state index is -0.325. The molecular weight excluding hydrogens is 178 g/mol. The third kappa shape index (κ3) is 6.40. The Morgan fingerprint density at radius 2 is 1.86 bits per heavy atom. The highest BCUT2D eigenvalue weighted by Crippen LogP contribution is 2.11. The molecule has 0 unspecified atom stereocenters. The van der Waals surface area contributed by atoms with Crippen LogP contribution in [0, 0.1) is 5.92 Å². The summed E-state index contributed by atoms with van der Waals surface area (Å²) >= 11 is 0. The van der Waals surface area contributed by atoms with Gasteiger partial charge in [-0.15, -0.1) is 0 Å². The molecule has 80 valence electrons. The van der Waals surface area contributed by atoms with Gasteiger partial charge in [0.25, 0.3) is 0 Å². The topological polar surface area (TPSA) is 60.2 Å². The number of primary amides is 1. The van der Waals surface area contributed by atoms with E-state index >= 15 is 0 Å². The number of hydrogen-bond acceptors (Lipinski definition) is 2. The molecule has 0 fully saturated rings. The van der Waals surface area contributed by atoms with Gasteiger partial charge >= 0.3 is 0 Å². The van der Waals surface area contributed by atoms with Gasteiger partial charge in [0.05, 0.1) is 0 Å². The fourth-order valence-corrected chi connectivity index (χ4v) is 1.13. The van der Waals surface area contributed by atoms with Crippen LogP contribution in [0.2, 0.25) is 0 Å². The number of Topliss-reactive ketones (excluding diaryl/α,β-unsaturated/α-hetero) is 1. The van der Waals surface area contributed by atoms with Gasteiger partial charge in [0.2, 0.25) is 5.91 Å². The molecule has 0 aliphatic heterocycles. The van der Waals surface area contributed by atoms with Gasteiger partial charge in [0.15, 0.2) is 5.78 Å². The molecular formula is C11H19NO2. The van der Waals surface area contributed by atoms with Gasteiger partial charge in [0.1, 0.15) is 0 Å². The molecule has 14 heavy (non-hydrogen) atoms. The summed E-state index contributed by atoms with van der Waals surface area (Å²) in [4.78, 5) is 21.8. The third-order valence-electron chi connectivity index (χ3n) is 1.89. The van der Waals surface area contributed by atoms with Crippen LogP contribution in [0.15, 0.2) is 12.2 Å². The summed E-state index contributed by atoms with van der Waals surface area (Å²) in [5, 5.41) is 0. The average molecular weight is 197 g/mol. The molecule has 0 atom stereocenters. The van der Waals surface area contributed by atoms with E-state index in [0.29, 0.717) is 37.2 Å². The van der Waals surface area contributed by atoms with E-state index < -0.39 is 0 Å². The summed E-state index contributed by atoms with van der Waals surface area (Å²) < 4.78 is 0. The SMILES string of the molecule is C=C(CCCC(N)=O)C(=O)CC(C)C. The Labute approximate surface area is 85.4 Å². The molecule has 0 heterocycles. The summed E-state index contributed by atoms with van der Waals surface area (Å²) in [6.07, 6.45) is 2.07. The van der Waals surface area contributed by atoms with Gasteiger partial charge in [-0.05, 0) is 24.3 Å². The number of carbonyl (C=O) groups excluding carboxylic acids is 2. The van der Waals surface area contributed by atoms with E-state index in [1.54, 1.807) is 0 Å². The second-order valence-electron chi connectivity index (χ2n) is 3.94. The molecule has 1 amide bonds. The van der Waals surface area contributed by atoms with E-state index in [0.717, 1.165) is 0 Å². The second-order valence-corrected chi connectivity index (χ2v) is 3.94. The van der Waals surface area contributed by atoms with Gasteiger partial charge in [-0.1, -0.05) is 20.4 Å². The number of nitrogens with two attached hydrogens (primary N) is 1. The fourth-order valence-electron chi connectivity index (χ4n) is 1.13. The molecule has 0 radical (unpaired) electrons. The number of allylic oxidation sites excluding steroid dienone is 1. The first-order valence-electron chi connectivity index (χ1n) is 4.92. The van der Waals surface area contributed by atoms with E-state index in [2.05, 4.69) is 6.58 Å². The summed E-state index contributed by atoms with van der Waals surface area (Å²) in [5.74, 6) is 0.133. The van der Waals surface area contributed by atoms with Crippen molar-refractivity contribution in [2.75, 3.05) is 0 Å². The van der Waals surface area contributed by atoms with E-state index in [1.807, 2.05) is 13.8 Å². The van der Waals surface area contributed by atoms with Crippen LogP contribution in [-0.2, 0) is 9.59 Å². The molecule has 0 bridgehead atoms. The van der Waals surface area contributed by atoms with Gasteiger partial charge in [-0.25, -0.2) is 0 Å². The fraction of sp³-hybridized carbons (Fsp3) is 0.636. The van der Waals surface area contributed by atoms with Crippen molar-refractivity contribution >= 4 is 11.7 Å². The first kappa shape index (κ1) is 12.9. The molecule has 0 rings (SSSR count). The summed E-state index contributed by atoms with van der Waals surface area (Å²) in [5.41, 5.74) is 5.59. The molecule has 0 spiro atoms. The van der Waals surface area contributed by atoms with Crippen LogP contribution < -0.4 is 5.73 Å². The molecule has 0 aromatic rings. The van der Waals surface area contributed by atoms with Crippen molar-refractivity contribution in [3.63, 3.8) is 0 Å². The van der Waals surface area contributed by atoms with Crippen LogP contribution in [0.1, 0.15) is 39.5 Å². The van der Waals surface area contributed by atoms with Crippen molar-refractivity contribution in [2.24, 2.45) is 11.7 Å². The Morgan fingerprint density at radius 3 is 2.29 bits per heavy atom. The van der Waals surface area contributed by atoms with Crippen LogP contribution in [0.3, 0.4) is 0 Å². The molecule has 0 aromatic carbocycles. The average Bonchev–Trinajstić information content (AvgIpc) is 2.01. The van der Waals surface area contributed by atoms with Crippen molar-refractivity contribution in [1.82, 2.24) is 0 Å². The predicted octanol–water partition coefficient (Wildman–Crippen LogP) is 1.81. The highest BCUT2D eigenvalue weighted by molar-refractivity contribution is 5.94. The Hall–Kier alpha value is -1.12. The number of amides is 1. The van der Waals surface area contributed by atoms with Gasteiger partial charge < -0.3 is 5.73 Å². The monoisotopic (exact) mass is 197 g/mol. The predicted molar refractivity (Wildman–Crippen MR) is 56.6 cm³/mol. The number of carbonyl (C=O) groups is 2. The van der Waals surface area contributed by atoms with Crippen LogP contribution in [0.25, 0.3) is 0 Å². The minimum absolute atomic E-state index is 0.101. The lowest BCUT2D eigenvalue weighted by atomic mass is 9.99. The summed E-state index contributed by atoms with van der Waals surface area (Å²) in [7, 11) is 0. The first-order valence-corrected chi connectivity index (χ1v) is 4.92. The lowest BCUT2D eigenvalue weighted by Gasteiger charge is -2.06. The molecule has 0 aliphatic rings. The Balaban J connectivity index is 3.73. The van der Waals surface area contributed by atoms with Crippen molar-refractivity contribution in [1.29, 1.82) is 0 Å². The molecule has 3 nitrogen and oxygen atoms in total. The van der Waals surface area contributed by atoms with Crippen LogP contribution in [0.4, 0.5) is 0 Å². The molecule has 0 saturated heterocycles. The highest BCUT2D eigenvalue weighted by atomic mass is 16.1. The second kappa shape index (κ2) is 6.35. The maximum absolute atomic E-state index is 11.4. The molecule has 3 heteroatoms. The molecule has 0 saturated carbocycles.